The van der Waals surface area contributed by atoms with Crippen molar-refractivity contribution in [2.24, 2.45) is 0 Å². The van der Waals surface area contributed by atoms with Crippen molar-refractivity contribution in [2.45, 2.75) is 32.0 Å². The largest absolute Gasteiger partial charge is 0.493 e. The highest BCUT2D eigenvalue weighted by molar-refractivity contribution is 5.87. The van der Waals surface area contributed by atoms with E-state index < -0.39 is 18.1 Å². The van der Waals surface area contributed by atoms with Gasteiger partial charge in [0, 0.05) is 12.7 Å². The van der Waals surface area contributed by atoms with Crippen molar-refractivity contribution in [3.05, 3.63) is 89.0 Å². The van der Waals surface area contributed by atoms with E-state index in [1.165, 1.54) is 12.1 Å². The number of rotatable bonds is 7. The number of amides is 3. The molecule has 1 aromatic heterocycles. The van der Waals surface area contributed by atoms with Gasteiger partial charge in [-0.1, -0.05) is 18.2 Å². The van der Waals surface area contributed by atoms with Gasteiger partial charge in [-0.15, -0.1) is 0 Å². The quantitative estimate of drug-likeness (QED) is 0.526. The van der Waals surface area contributed by atoms with Gasteiger partial charge in [-0.25, -0.2) is 9.18 Å². The van der Waals surface area contributed by atoms with E-state index in [1.807, 2.05) is 24.3 Å². The number of carbonyl (C=O) groups excluding carboxylic acids is 2. The molecular formula is C27H29FN4O4. The number of nitrogens with one attached hydrogen (secondary N) is 2. The van der Waals surface area contributed by atoms with Crippen LogP contribution in [0, 0.1) is 5.82 Å². The van der Waals surface area contributed by atoms with Gasteiger partial charge in [-0.2, -0.15) is 0 Å². The van der Waals surface area contributed by atoms with Gasteiger partial charge in [0.1, 0.15) is 11.9 Å². The second-order valence-corrected chi connectivity index (χ2v) is 8.51. The molecule has 0 radical (unpaired) electrons. The SMILES string of the molecule is COc1cc2c(cc1OC)[C@@H](c1ccc(F)cc1)N(C(=O)N[C@H](C)C(=O)NCc1ccccn1)CC2. The van der Waals surface area contributed by atoms with Crippen molar-refractivity contribution in [3.63, 3.8) is 0 Å². The number of halogens is 1. The number of hydrogen-bond acceptors (Lipinski definition) is 5. The fraction of sp³-hybridized carbons (Fsp3) is 0.296. The Labute approximate surface area is 209 Å². The van der Waals surface area contributed by atoms with Crippen molar-refractivity contribution >= 4 is 11.9 Å². The van der Waals surface area contributed by atoms with Crippen molar-refractivity contribution in [1.29, 1.82) is 0 Å². The Bertz CT molecular complexity index is 1220. The zero-order valence-electron chi connectivity index (χ0n) is 20.5. The number of benzene rings is 2. The summed E-state index contributed by atoms with van der Waals surface area (Å²) in [5.74, 6) is 0.450. The number of pyridine rings is 1. The number of ether oxygens (including phenoxy) is 2. The average Bonchev–Trinajstić information content (AvgIpc) is 2.91. The normalized spacial score (nSPS) is 15.4. The number of methoxy groups -OCH3 is 2. The van der Waals surface area contributed by atoms with Crippen LogP contribution in [0.4, 0.5) is 9.18 Å². The zero-order valence-corrected chi connectivity index (χ0v) is 20.5. The number of nitrogens with zero attached hydrogens (tertiary/aromatic N) is 2. The first-order valence-electron chi connectivity index (χ1n) is 11.7. The molecule has 2 heterocycles. The molecular weight excluding hydrogens is 463 g/mol. The molecule has 3 aromatic rings. The van der Waals surface area contributed by atoms with Gasteiger partial charge in [-0.05, 0) is 66.4 Å². The third-order valence-electron chi connectivity index (χ3n) is 6.22. The van der Waals surface area contributed by atoms with E-state index in [0.29, 0.717) is 24.5 Å². The van der Waals surface area contributed by atoms with Gasteiger partial charge in [0.25, 0.3) is 0 Å². The monoisotopic (exact) mass is 492 g/mol. The van der Waals surface area contributed by atoms with E-state index in [1.54, 1.807) is 50.4 Å². The summed E-state index contributed by atoms with van der Waals surface area (Å²) in [4.78, 5) is 31.9. The molecule has 2 N–H and O–H groups in total. The number of hydrogen-bond donors (Lipinski definition) is 2. The van der Waals surface area contributed by atoms with Crippen LogP contribution in [0.5, 0.6) is 11.5 Å². The summed E-state index contributed by atoms with van der Waals surface area (Å²) in [6, 6.07) is 13.6. The van der Waals surface area contributed by atoms with Crippen LogP contribution < -0.4 is 20.1 Å². The molecule has 8 nitrogen and oxygen atoms in total. The number of carbonyl (C=O) groups is 2. The fourth-order valence-corrected chi connectivity index (χ4v) is 4.34. The molecule has 1 aliphatic heterocycles. The van der Waals surface area contributed by atoms with Gasteiger partial charge in [0.05, 0.1) is 32.5 Å². The molecule has 0 saturated carbocycles. The Hall–Kier alpha value is -4.14. The second kappa shape index (κ2) is 11.1. The summed E-state index contributed by atoms with van der Waals surface area (Å²) in [5.41, 5.74) is 3.32. The molecule has 0 aliphatic carbocycles. The van der Waals surface area contributed by atoms with Crippen LogP contribution >= 0.6 is 0 Å². The van der Waals surface area contributed by atoms with Crippen LogP contribution in [0.3, 0.4) is 0 Å². The standard InChI is InChI=1S/C27H29FN4O4/c1-17(26(33)30-16-21-6-4-5-12-29-21)31-27(34)32-13-11-19-14-23(35-2)24(36-3)15-22(19)25(32)18-7-9-20(28)10-8-18/h4-10,12,14-15,17,25H,11,13,16H2,1-3H3,(H,30,33)(H,31,34)/t17-,25-/m1/s1. The molecule has 3 amide bonds. The lowest BCUT2D eigenvalue weighted by molar-refractivity contribution is -0.122. The maximum absolute atomic E-state index is 13.7. The third-order valence-corrected chi connectivity index (χ3v) is 6.22. The first-order chi connectivity index (χ1) is 17.4. The van der Waals surface area contributed by atoms with E-state index in [0.717, 1.165) is 22.4 Å². The summed E-state index contributed by atoms with van der Waals surface area (Å²) in [7, 11) is 3.13. The summed E-state index contributed by atoms with van der Waals surface area (Å²) < 4.78 is 24.7. The highest BCUT2D eigenvalue weighted by Gasteiger charge is 2.34. The second-order valence-electron chi connectivity index (χ2n) is 8.51. The molecule has 36 heavy (non-hydrogen) atoms. The Morgan fingerprint density at radius 3 is 2.50 bits per heavy atom. The smallest absolute Gasteiger partial charge is 0.318 e. The maximum Gasteiger partial charge on any atom is 0.318 e. The molecule has 9 heteroatoms. The summed E-state index contributed by atoms with van der Waals surface area (Å²) in [5, 5.41) is 5.60. The maximum atomic E-state index is 13.7. The van der Waals surface area contributed by atoms with Crippen molar-refractivity contribution < 1.29 is 23.5 Å². The summed E-state index contributed by atoms with van der Waals surface area (Å²) >= 11 is 0. The Balaban J connectivity index is 1.57. The van der Waals surface area contributed by atoms with Crippen LogP contribution in [0.15, 0.2) is 60.8 Å². The molecule has 4 rings (SSSR count). The molecule has 0 bridgehead atoms. The lowest BCUT2D eigenvalue weighted by Gasteiger charge is -2.38. The first kappa shape index (κ1) is 25.0. The van der Waals surface area contributed by atoms with E-state index in [2.05, 4.69) is 15.6 Å². The van der Waals surface area contributed by atoms with E-state index in [4.69, 9.17) is 9.47 Å². The van der Waals surface area contributed by atoms with Gasteiger partial charge in [0.15, 0.2) is 11.5 Å². The minimum atomic E-state index is -0.776. The van der Waals surface area contributed by atoms with E-state index in [-0.39, 0.29) is 18.3 Å². The fourth-order valence-electron chi connectivity index (χ4n) is 4.34. The Morgan fingerprint density at radius 1 is 1.11 bits per heavy atom. The molecule has 0 spiro atoms. The van der Waals surface area contributed by atoms with Gasteiger partial charge in [0.2, 0.25) is 5.91 Å². The molecule has 188 valence electrons. The minimum absolute atomic E-state index is 0.261. The third kappa shape index (κ3) is 5.40. The van der Waals surface area contributed by atoms with Crippen LogP contribution in [-0.2, 0) is 17.8 Å². The molecule has 2 aromatic carbocycles. The Kier molecular flexibility index (Phi) is 7.68. The first-order valence-corrected chi connectivity index (χ1v) is 11.7. The van der Waals surface area contributed by atoms with Crippen molar-refractivity contribution in [3.8, 4) is 11.5 Å². The van der Waals surface area contributed by atoms with Crippen LogP contribution in [0.25, 0.3) is 0 Å². The van der Waals surface area contributed by atoms with E-state index in [9.17, 15) is 14.0 Å². The summed E-state index contributed by atoms with van der Waals surface area (Å²) in [6.07, 6.45) is 2.24. The van der Waals surface area contributed by atoms with Gasteiger partial charge in [-0.3, -0.25) is 9.78 Å². The zero-order chi connectivity index (χ0) is 25.7. The van der Waals surface area contributed by atoms with Crippen LogP contribution in [0.1, 0.15) is 35.3 Å². The number of fused-ring (bicyclic) bond motifs is 1. The summed E-state index contributed by atoms with van der Waals surface area (Å²) in [6.45, 7) is 2.29. The molecule has 2 atom stereocenters. The van der Waals surface area contributed by atoms with Gasteiger partial charge < -0.3 is 25.0 Å². The highest BCUT2D eigenvalue weighted by Crippen LogP contribution is 2.41. The molecule has 0 unspecified atom stereocenters. The van der Waals surface area contributed by atoms with Crippen LogP contribution in [-0.4, -0.2) is 48.6 Å². The minimum Gasteiger partial charge on any atom is -0.493 e. The van der Waals surface area contributed by atoms with E-state index >= 15 is 0 Å². The number of aromatic nitrogens is 1. The highest BCUT2D eigenvalue weighted by atomic mass is 19.1. The predicted molar refractivity (Wildman–Crippen MR) is 132 cm³/mol. The topological polar surface area (TPSA) is 92.8 Å². The van der Waals surface area contributed by atoms with Crippen molar-refractivity contribution in [2.75, 3.05) is 20.8 Å². The molecule has 0 saturated heterocycles. The molecule has 0 fully saturated rings. The average molecular weight is 493 g/mol. The lowest BCUT2D eigenvalue weighted by Crippen LogP contribution is -2.52. The number of urea groups is 1. The van der Waals surface area contributed by atoms with Crippen LogP contribution in [0.2, 0.25) is 0 Å². The predicted octanol–water partition coefficient (Wildman–Crippen LogP) is 3.60. The lowest BCUT2D eigenvalue weighted by atomic mass is 9.88. The van der Waals surface area contributed by atoms with Crippen molar-refractivity contribution in [1.82, 2.24) is 20.5 Å². The van der Waals surface area contributed by atoms with Gasteiger partial charge >= 0.3 is 6.03 Å². The Morgan fingerprint density at radius 2 is 1.83 bits per heavy atom. The molecule has 1 aliphatic rings.